The SMILES string of the molecule is CCCCCCCCCCCCCCCCCC(=O)OC[C@H](OC(=O)CCCCCCCCCCCCCCCCC)[C@@H](OC(=O)CCCCCCCCCCCCCCCCC)[C@@H](CO)OC(=O)CCCCCCCCCCCCCCCCC. The monoisotopic (exact) mass is 1220 g/mol. The predicted octanol–water partition coefficient (Wildman–Crippen LogP) is 24.3. The van der Waals surface area contributed by atoms with Crippen LogP contribution in [0, 0.1) is 0 Å². The summed E-state index contributed by atoms with van der Waals surface area (Å²) < 4.78 is 24.0. The fraction of sp³-hybridized carbons (Fsp3) is 0.948. The van der Waals surface area contributed by atoms with Gasteiger partial charge in [0.05, 0.1) is 6.61 Å². The van der Waals surface area contributed by atoms with Crippen LogP contribution >= 0.6 is 0 Å². The molecule has 0 aliphatic carbocycles. The van der Waals surface area contributed by atoms with Gasteiger partial charge >= 0.3 is 23.9 Å². The molecular weight excluding hydrogens is 1070 g/mol. The lowest BCUT2D eigenvalue weighted by Gasteiger charge is -2.31. The van der Waals surface area contributed by atoms with Crippen LogP contribution in [-0.2, 0) is 38.1 Å². The molecule has 0 aromatic carbocycles. The first-order chi connectivity index (χ1) is 42.3. The van der Waals surface area contributed by atoms with Crippen molar-refractivity contribution in [2.24, 2.45) is 0 Å². The molecule has 0 amide bonds. The maximum absolute atomic E-state index is 13.8. The van der Waals surface area contributed by atoms with Crippen LogP contribution in [0.2, 0.25) is 0 Å². The van der Waals surface area contributed by atoms with Gasteiger partial charge in [0.25, 0.3) is 0 Å². The highest BCUT2D eigenvalue weighted by Gasteiger charge is 2.39. The Morgan fingerprint density at radius 1 is 0.233 bits per heavy atom. The van der Waals surface area contributed by atoms with E-state index in [0.29, 0.717) is 25.7 Å². The summed E-state index contributed by atoms with van der Waals surface area (Å²) in [5.74, 6) is -1.88. The first-order valence-electron chi connectivity index (χ1n) is 38.7. The van der Waals surface area contributed by atoms with Gasteiger partial charge in [-0.05, 0) is 25.7 Å². The van der Waals surface area contributed by atoms with Crippen molar-refractivity contribution in [2.75, 3.05) is 13.2 Å². The average Bonchev–Trinajstić information content (AvgIpc) is 3.64. The molecule has 0 aromatic heterocycles. The zero-order valence-electron chi connectivity index (χ0n) is 58.1. The molecule has 9 heteroatoms. The van der Waals surface area contributed by atoms with Crippen LogP contribution in [0.15, 0.2) is 0 Å². The van der Waals surface area contributed by atoms with E-state index < -0.39 is 48.8 Å². The molecule has 9 nitrogen and oxygen atoms in total. The zero-order chi connectivity index (χ0) is 62.5. The Kier molecular flexibility index (Phi) is 68.5. The Labute approximate surface area is 534 Å². The van der Waals surface area contributed by atoms with Crippen molar-refractivity contribution in [1.29, 1.82) is 0 Å². The molecule has 3 atom stereocenters. The quantitative estimate of drug-likeness (QED) is 0.0360. The lowest BCUT2D eigenvalue weighted by molar-refractivity contribution is -0.195. The van der Waals surface area contributed by atoms with E-state index in [1.807, 2.05) is 0 Å². The largest absolute Gasteiger partial charge is 0.462 e. The molecule has 0 spiro atoms. The van der Waals surface area contributed by atoms with Gasteiger partial charge in [0.2, 0.25) is 0 Å². The summed E-state index contributed by atoms with van der Waals surface area (Å²) in [5.41, 5.74) is 0. The Bertz CT molecular complexity index is 1400. The second kappa shape index (κ2) is 70.3. The predicted molar refractivity (Wildman–Crippen MR) is 366 cm³/mol. The first-order valence-corrected chi connectivity index (χ1v) is 38.7. The fourth-order valence-electron chi connectivity index (χ4n) is 12.3. The summed E-state index contributed by atoms with van der Waals surface area (Å²) in [7, 11) is 0. The van der Waals surface area contributed by atoms with E-state index in [4.69, 9.17) is 18.9 Å². The Balaban J connectivity index is 5.58. The lowest BCUT2D eigenvalue weighted by Crippen LogP contribution is -2.49. The molecule has 510 valence electrons. The number of hydrogen-bond donors (Lipinski definition) is 1. The van der Waals surface area contributed by atoms with E-state index >= 15 is 0 Å². The molecule has 86 heavy (non-hydrogen) atoms. The van der Waals surface area contributed by atoms with E-state index in [-0.39, 0.29) is 32.3 Å². The van der Waals surface area contributed by atoms with Crippen molar-refractivity contribution in [3.8, 4) is 0 Å². The van der Waals surface area contributed by atoms with Gasteiger partial charge in [-0.3, -0.25) is 19.2 Å². The Morgan fingerprint density at radius 3 is 0.616 bits per heavy atom. The summed E-state index contributed by atoms with van der Waals surface area (Å²) in [4.78, 5) is 54.3. The minimum Gasteiger partial charge on any atom is -0.462 e. The summed E-state index contributed by atoms with van der Waals surface area (Å²) in [6.07, 6.45) is 70.3. The Hall–Kier alpha value is -2.16. The molecule has 0 fully saturated rings. The van der Waals surface area contributed by atoms with Crippen molar-refractivity contribution in [3.63, 3.8) is 0 Å². The summed E-state index contributed by atoms with van der Waals surface area (Å²) in [6.45, 7) is 8.08. The minimum absolute atomic E-state index is 0.152. The molecule has 1 N–H and O–H groups in total. The summed E-state index contributed by atoms with van der Waals surface area (Å²) in [6, 6.07) is 0. The van der Waals surface area contributed by atoms with Crippen LogP contribution in [-0.4, -0.2) is 60.5 Å². The third-order valence-corrected chi connectivity index (χ3v) is 18.1. The van der Waals surface area contributed by atoms with Crippen molar-refractivity contribution in [2.45, 2.75) is 457 Å². The topological polar surface area (TPSA) is 125 Å². The smallest absolute Gasteiger partial charge is 0.306 e. The third-order valence-electron chi connectivity index (χ3n) is 18.1. The van der Waals surface area contributed by atoms with E-state index in [1.54, 1.807) is 0 Å². The second-order valence-electron chi connectivity index (χ2n) is 26.7. The maximum Gasteiger partial charge on any atom is 0.306 e. The van der Waals surface area contributed by atoms with Crippen molar-refractivity contribution in [3.05, 3.63) is 0 Å². The van der Waals surface area contributed by atoms with E-state index in [2.05, 4.69) is 27.7 Å². The van der Waals surface area contributed by atoms with Crippen LogP contribution in [0.1, 0.15) is 439 Å². The molecule has 0 heterocycles. The van der Waals surface area contributed by atoms with Gasteiger partial charge in [0, 0.05) is 25.7 Å². The summed E-state index contributed by atoms with van der Waals surface area (Å²) in [5, 5.41) is 10.9. The number of rotatable bonds is 72. The summed E-state index contributed by atoms with van der Waals surface area (Å²) >= 11 is 0. The molecule has 0 saturated heterocycles. The first kappa shape index (κ1) is 83.8. The highest BCUT2D eigenvalue weighted by Crippen LogP contribution is 2.22. The zero-order valence-corrected chi connectivity index (χ0v) is 58.1. The molecule has 0 aromatic rings. The number of carbonyl (C=O) groups is 4. The number of hydrogen-bond acceptors (Lipinski definition) is 9. The number of aliphatic hydroxyl groups excluding tert-OH is 1. The molecule has 0 radical (unpaired) electrons. The second-order valence-corrected chi connectivity index (χ2v) is 26.7. The van der Waals surface area contributed by atoms with Gasteiger partial charge < -0.3 is 24.1 Å². The number of ether oxygens (including phenoxy) is 4. The molecule has 0 saturated carbocycles. The van der Waals surface area contributed by atoms with Gasteiger partial charge in [-0.2, -0.15) is 0 Å². The van der Waals surface area contributed by atoms with Crippen LogP contribution in [0.3, 0.4) is 0 Å². The van der Waals surface area contributed by atoms with Crippen LogP contribution in [0.25, 0.3) is 0 Å². The molecular formula is C77H148O9. The molecule has 0 bridgehead atoms. The number of esters is 4. The van der Waals surface area contributed by atoms with Crippen LogP contribution in [0.5, 0.6) is 0 Å². The van der Waals surface area contributed by atoms with E-state index in [1.165, 1.54) is 283 Å². The van der Waals surface area contributed by atoms with E-state index in [9.17, 15) is 24.3 Å². The standard InChI is InChI=1S/C77H148O9/c1-5-9-13-17-21-25-29-33-37-41-45-49-53-57-61-65-73(79)83-70-72(85-75(81)67-63-59-55-51-47-43-39-35-31-27-23-19-15-11-7-3)77(86-76(82)68-64-60-56-52-48-44-40-36-32-28-24-20-16-12-8-4)71(69-78)84-74(80)66-62-58-54-50-46-42-38-34-30-26-22-18-14-10-6-2/h71-72,77-78H,5-70H2,1-4H3/t71-,72+,77+/m1/s1. The molecule has 0 unspecified atom stereocenters. The van der Waals surface area contributed by atoms with Gasteiger partial charge in [0.15, 0.2) is 18.3 Å². The van der Waals surface area contributed by atoms with Gasteiger partial charge in [0.1, 0.15) is 6.61 Å². The van der Waals surface area contributed by atoms with Crippen molar-refractivity contribution >= 4 is 23.9 Å². The van der Waals surface area contributed by atoms with Crippen LogP contribution in [0.4, 0.5) is 0 Å². The number of aliphatic hydroxyl groups is 1. The van der Waals surface area contributed by atoms with Crippen molar-refractivity contribution < 1.29 is 43.2 Å². The van der Waals surface area contributed by atoms with Gasteiger partial charge in [-0.25, -0.2) is 0 Å². The maximum atomic E-state index is 13.8. The third kappa shape index (κ3) is 62.1. The van der Waals surface area contributed by atoms with Gasteiger partial charge in [-0.1, -0.05) is 387 Å². The highest BCUT2D eigenvalue weighted by atomic mass is 16.6. The molecule has 0 rings (SSSR count). The average molecular weight is 1220 g/mol. The fourth-order valence-corrected chi connectivity index (χ4v) is 12.3. The number of unbranched alkanes of at least 4 members (excludes halogenated alkanes) is 56. The van der Waals surface area contributed by atoms with E-state index in [0.717, 1.165) is 77.0 Å². The van der Waals surface area contributed by atoms with Crippen molar-refractivity contribution in [1.82, 2.24) is 0 Å². The van der Waals surface area contributed by atoms with Gasteiger partial charge in [-0.15, -0.1) is 0 Å². The molecule has 0 aliphatic heterocycles. The Morgan fingerprint density at radius 2 is 0.407 bits per heavy atom. The number of carbonyl (C=O) groups excluding carboxylic acids is 4. The highest BCUT2D eigenvalue weighted by molar-refractivity contribution is 5.72. The lowest BCUT2D eigenvalue weighted by atomic mass is 10.0. The normalized spacial score (nSPS) is 12.6. The molecule has 0 aliphatic rings. The minimum atomic E-state index is -1.34. The van der Waals surface area contributed by atoms with Crippen LogP contribution < -0.4 is 0 Å².